The zero-order valence-electron chi connectivity index (χ0n) is 14.5. The van der Waals surface area contributed by atoms with E-state index in [0.717, 1.165) is 18.7 Å². The fourth-order valence-corrected chi connectivity index (χ4v) is 3.53. The Bertz CT molecular complexity index is 571. The minimum atomic E-state index is 0.0930. The van der Waals surface area contributed by atoms with Crippen molar-refractivity contribution in [2.75, 3.05) is 44.2 Å². The molecule has 2 amide bonds. The molecule has 0 radical (unpaired) electrons. The summed E-state index contributed by atoms with van der Waals surface area (Å²) < 4.78 is 0. The van der Waals surface area contributed by atoms with Crippen LogP contribution in [0.15, 0.2) is 24.3 Å². The smallest absolute Gasteiger partial charge is 0.227 e. The van der Waals surface area contributed by atoms with Crippen LogP contribution in [-0.4, -0.2) is 60.9 Å². The first-order valence-corrected chi connectivity index (χ1v) is 9.00. The summed E-state index contributed by atoms with van der Waals surface area (Å²) in [5.74, 6) is 0.249. The quantitative estimate of drug-likeness (QED) is 0.851. The average molecular weight is 329 g/mol. The molecule has 0 aromatic heterocycles. The monoisotopic (exact) mass is 329 g/mol. The average Bonchev–Trinajstić information content (AvgIpc) is 2.63. The van der Waals surface area contributed by atoms with E-state index in [1.165, 1.54) is 24.9 Å². The van der Waals surface area contributed by atoms with Gasteiger partial charge in [-0.1, -0.05) is 12.1 Å². The van der Waals surface area contributed by atoms with Gasteiger partial charge in [0.2, 0.25) is 11.8 Å². The Kier molecular flexibility index (Phi) is 5.38. The number of carbonyl (C=O) groups excluding carboxylic acids is 2. The maximum absolute atomic E-state index is 12.4. The number of piperidine rings is 1. The van der Waals surface area contributed by atoms with Gasteiger partial charge in [-0.05, 0) is 37.0 Å². The third-order valence-corrected chi connectivity index (χ3v) is 5.09. The molecule has 2 aliphatic heterocycles. The standard InChI is InChI=1S/C19H27N3O2/c1-16(23)20-11-13-22(14-12-20)19(24)15-17-5-7-18(8-6-17)21-9-3-2-4-10-21/h5-8H,2-4,9-15H2,1H3. The molecule has 3 rings (SSSR count). The molecule has 0 aliphatic carbocycles. The van der Waals surface area contributed by atoms with Gasteiger partial charge in [-0.3, -0.25) is 9.59 Å². The largest absolute Gasteiger partial charge is 0.372 e. The number of piperazine rings is 1. The van der Waals surface area contributed by atoms with E-state index in [0.29, 0.717) is 32.6 Å². The van der Waals surface area contributed by atoms with Gasteiger partial charge in [0.15, 0.2) is 0 Å². The summed E-state index contributed by atoms with van der Waals surface area (Å²) in [6.45, 7) is 6.44. The molecule has 0 spiro atoms. The Hall–Kier alpha value is -2.04. The van der Waals surface area contributed by atoms with Gasteiger partial charge in [0.25, 0.3) is 0 Å². The second-order valence-electron chi connectivity index (χ2n) is 6.78. The summed E-state index contributed by atoms with van der Waals surface area (Å²) in [6, 6.07) is 8.44. The van der Waals surface area contributed by atoms with Gasteiger partial charge in [0, 0.05) is 51.9 Å². The number of hydrogen-bond acceptors (Lipinski definition) is 3. The van der Waals surface area contributed by atoms with E-state index in [2.05, 4.69) is 29.2 Å². The summed E-state index contributed by atoms with van der Waals surface area (Å²) >= 11 is 0. The van der Waals surface area contributed by atoms with E-state index >= 15 is 0 Å². The summed E-state index contributed by atoms with van der Waals surface area (Å²) in [7, 11) is 0. The second kappa shape index (κ2) is 7.69. The fourth-order valence-electron chi connectivity index (χ4n) is 3.53. The van der Waals surface area contributed by atoms with Crippen LogP contribution in [0.4, 0.5) is 5.69 Å². The molecule has 5 nitrogen and oxygen atoms in total. The van der Waals surface area contributed by atoms with Crippen molar-refractivity contribution in [3.05, 3.63) is 29.8 Å². The molecule has 2 fully saturated rings. The van der Waals surface area contributed by atoms with Gasteiger partial charge in [-0.2, -0.15) is 0 Å². The molecular weight excluding hydrogens is 302 g/mol. The highest BCUT2D eigenvalue weighted by atomic mass is 16.2. The number of nitrogens with zero attached hydrogens (tertiary/aromatic N) is 3. The van der Waals surface area contributed by atoms with E-state index in [-0.39, 0.29) is 11.8 Å². The summed E-state index contributed by atoms with van der Waals surface area (Å²) in [4.78, 5) is 29.9. The molecule has 1 aromatic rings. The van der Waals surface area contributed by atoms with Crippen LogP contribution < -0.4 is 4.90 Å². The van der Waals surface area contributed by atoms with Crippen molar-refractivity contribution in [2.45, 2.75) is 32.6 Å². The molecular formula is C19H27N3O2. The van der Waals surface area contributed by atoms with Gasteiger partial charge >= 0.3 is 0 Å². The number of rotatable bonds is 3. The van der Waals surface area contributed by atoms with Crippen LogP contribution in [0, 0.1) is 0 Å². The lowest BCUT2D eigenvalue weighted by atomic mass is 10.1. The highest BCUT2D eigenvalue weighted by Crippen LogP contribution is 2.20. The van der Waals surface area contributed by atoms with Crippen LogP contribution >= 0.6 is 0 Å². The Morgan fingerprint density at radius 2 is 1.42 bits per heavy atom. The van der Waals surface area contributed by atoms with Crippen LogP contribution in [0.25, 0.3) is 0 Å². The van der Waals surface area contributed by atoms with Crippen molar-refractivity contribution in [1.29, 1.82) is 0 Å². The molecule has 0 saturated carbocycles. The topological polar surface area (TPSA) is 43.9 Å². The predicted octanol–water partition coefficient (Wildman–Crippen LogP) is 1.91. The Labute approximate surface area is 144 Å². The Morgan fingerprint density at radius 1 is 0.833 bits per heavy atom. The lowest BCUT2D eigenvalue weighted by molar-refractivity contribution is -0.138. The van der Waals surface area contributed by atoms with Crippen LogP contribution in [0.5, 0.6) is 0 Å². The van der Waals surface area contributed by atoms with Crippen molar-refractivity contribution < 1.29 is 9.59 Å². The predicted molar refractivity (Wildman–Crippen MR) is 95.0 cm³/mol. The molecule has 5 heteroatoms. The molecule has 130 valence electrons. The van der Waals surface area contributed by atoms with Gasteiger partial charge in [0.05, 0.1) is 6.42 Å². The molecule has 0 unspecified atom stereocenters. The van der Waals surface area contributed by atoms with Crippen LogP contribution in [0.3, 0.4) is 0 Å². The summed E-state index contributed by atoms with van der Waals surface area (Å²) in [5.41, 5.74) is 2.33. The lowest BCUT2D eigenvalue weighted by Crippen LogP contribution is -2.50. The zero-order chi connectivity index (χ0) is 16.9. The van der Waals surface area contributed by atoms with E-state index in [4.69, 9.17) is 0 Å². The normalized spacial score (nSPS) is 18.6. The highest BCUT2D eigenvalue weighted by Gasteiger charge is 2.22. The summed E-state index contributed by atoms with van der Waals surface area (Å²) in [5, 5.41) is 0. The van der Waals surface area contributed by atoms with E-state index < -0.39 is 0 Å². The summed E-state index contributed by atoms with van der Waals surface area (Å²) in [6.07, 6.45) is 4.32. The van der Waals surface area contributed by atoms with Crippen molar-refractivity contribution in [3.8, 4) is 0 Å². The van der Waals surface area contributed by atoms with Gasteiger partial charge in [0.1, 0.15) is 0 Å². The van der Waals surface area contributed by atoms with E-state index in [9.17, 15) is 9.59 Å². The first-order valence-electron chi connectivity index (χ1n) is 9.00. The molecule has 0 atom stereocenters. The fraction of sp³-hybridized carbons (Fsp3) is 0.579. The third kappa shape index (κ3) is 4.08. The lowest BCUT2D eigenvalue weighted by Gasteiger charge is -2.34. The zero-order valence-corrected chi connectivity index (χ0v) is 14.5. The highest BCUT2D eigenvalue weighted by molar-refractivity contribution is 5.79. The number of amides is 2. The number of hydrogen-bond donors (Lipinski definition) is 0. The molecule has 0 bridgehead atoms. The van der Waals surface area contributed by atoms with Crippen molar-refractivity contribution in [2.24, 2.45) is 0 Å². The molecule has 2 aliphatic rings. The molecule has 2 saturated heterocycles. The maximum atomic E-state index is 12.4. The van der Waals surface area contributed by atoms with Gasteiger partial charge < -0.3 is 14.7 Å². The number of anilines is 1. The first kappa shape index (κ1) is 16.8. The van der Waals surface area contributed by atoms with Crippen LogP contribution in [0.1, 0.15) is 31.7 Å². The third-order valence-electron chi connectivity index (χ3n) is 5.09. The van der Waals surface area contributed by atoms with Crippen molar-refractivity contribution >= 4 is 17.5 Å². The molecule has 2 heterocycles. The molecule has 1 aromatic carbocycles. The van der Waals surface area contributed by atoms with E-state index in [1.807, 2.05) is 4.90 Å². The minimum Gasteiger partial charge on any atom is -0.372 e. The first-order chi connectivity index (χ1) is 11.6. The van der Waals surface area contributed by atoms with Crippen molar-refractivity contribution in [1.82, 2.24) is 9.80 Å². The van der Waals surface area contributed by atoms with E-state index in [1.54, 1.807) is 11.8 Å². The van der Waals surface area contributed by atoms with Crippen LogP contribution in [0.2, 0.25) is 0 Å². The van der Waals surface area contributed by atoms with Gasteiger partial charge in [-0.25, -0.2) is 0 Å². The number of carbonyl (C=O) groups is 2. The minimum absolute atomic E-state index is 0.0930. The second-order valence-corrected chi connectivity index (χ2v) is 6.78. The van der Waals surface area contributed by atoms with Crippen LogP contribution in [-0.2, 0) is 16.0 Å². The SMILES string of the molecule is CC(=O)N1CCN(C(=O)Cc2ccc(N3CCCCC3)cc2)CC1. The molecule has 24 heavy (non-hydrogen) atoms. The Balaban J connectivity index is 1.52. The van der Waals surface area contributed by atoms with Crippen molar-refractivity contribution in [3.63, 3.8) is 0 Å². The van der Waals surface area contributed by atoms with Gasteiger partial charge in [-0.15, -0.1) is 0 Å². The number of benzene rings is 1. The Morgan fingerprint density at radius 3 is 2.00 bits per heavy atom. The maximum Gasteiger partial charge on any atom is 0.227 e. The molecule has 0 N–H and O–H groups in total.